The number of ether oxygens (including phenoxy) is 1. The van der Waals surface area contributed by atoms with Gasteiger partial charge in [-0.15, -0.1) is 0 Å². The summed E-state index contributed by atoms with van der Waals surface area (Å²) in [4.78, 5) is 12.8. The quantitative estimate of drug-likeness (QED) is 0.433. The molecule has 0 saturated carbocycles. The lowest BCUT2D eigenvalue weighted by Gasteiger charge is -2.24. The summed E-state index contributed by atoms with van der Waals surface area (Å²) >= 11 is 18.2. The average Bonchev–Trinajstić information content (AvgIpc) is 2.71. The number of benzene rings is 3. The highest BCUT2D eigenvalue weighted by Crippen LogP contribution is 2.32. The molecule has 168 valence electrons. The van der Waals surface area contributed by atoms with Gasteiger partial charge >= 0.3 is 0 Å². The number of halogens is 3. The van der Waals surface area contributed by atoms with Gasteiger partial charge in [0.2, 0.25) is 5.91 Å². The van der Waals surface area contributed by atoms with Gasteiger partial charge in [0.25, 0.3) is 10.0 Å². The highest BCUT2D eigenvalue weighted by Gasteiger charge is 2.28. The molecule has 1 N–H and O–H groups in total. The van der Waals surface area contributed by atoms with Crippen LogP contribution < -0.4 is 14.4 Å². The molecule has 0 saturated heterocycles. The van der Waals surface area contributed by atoms with E-state index in [4.69, 9.17) is 39.5 Å². The van der Waals surface area contributed by atoms with Crippen molar-refractivity contribution in [1.82, 2.24) is 0 Å². The first-order valence-electron chi connectivity index (χ1n) is 9.29. The Labute approximate surface area is 201 Å². The Morgan fingerprint density at radius 2 is 1.59 bits per heavy atom. The predicted octanol–water partition coefficient (Wildman–Crippen LogP) is 5.80. The molecule has 0 fully saturated rings. The third kappa shape index (κ3) is 5.66. The molecule has 0 aromatic heterocycles. The summed E-state index contributed by atoms with van der Waals surface area (Å²) in [6.07, 6.45) is 0. The van der Waals surface area contributed by atoms with Crippen molar-refractivity contribution in [1.29, 1.82) is 0 Å². The number of carbonyl (C=O) groups is 1. The Balaban J connectivity index is 1.99. The van der Waals surface area contributed by atoms with Crippen molar-refractivity contribution in [2.45, 2.75) is 11.8 Å². The van der Waals surface area contributed by atoms with Crippen LogP contribution in [-0.4, -0.2) is 28.0 Å². The summed E-state index contributed by atoms with van der Waals surface area (Å²) in [5, 5.41) is 3.49. The average molecular weight is 514 g/mol. The minimum Gasteiger partial charge on any atom is -0.495 e. The van der Waals surface area contributed by atoms with E-state index in [0.29, 0.717) is 21.5 Å². The molecule has 1 amide bonds. The summed E-state index contributed by atoms with van der Waals surface area (Å²) in [6, 6.07) is 15.3. The standard InChI is InChI=1S/C22H19Cl3N2O4S/c1-14-3-6-19(7-4-14)32(29,30)27(18-5-8-21(31-2)20(25)12-18)13-22(28)26-17-10-15(23)9-16(24)11-17/h3-12H,13H2,1-2H3,(H,26,28). The van der Waals surface area contributed by atoms with E-state index in [1.165, 1.54) is 55.6 Å². The summed E-state index contributed by atoms with van der Waals surface area (Å²) in [7, 11) is -2.64. The Hall–Kier alpha value is -2.45. The maximum Gasteiger partial charge on any atom is 0.264 e. The molecule has 3 rings (SSSR count). The van der Waals surface area contributed by atoms with E-state index < -0.39 is 22.5 Å². The van der Waals surface area contributed by atoms with E-state index in [9.17, 15) is 13.2 Å². The smallest absolute Gasteiger partial charge is 0.264 e. The van der Waals surface area contributed by atoms with Gasteiger partial charge in [-0.25, -0.2) is 8.42 Å². The van der Waals surface area contributed by atoms with Gasteiger partial charge in [0, 0.05) is 15.7 Å². The number of sulfonamides is 1. The highest BCUT2D eigenvalue weighted by atomic mass is 35.5. The number of amides is 1. The SMILES string of the molecule is COc1ccc(N(CC(=O)Nc2cc(Cl)cc(Cl)c2)S(=O)(=O)c2ccc(C)cc2)cc1Cl. The van der Waals surface area contributed by atoms with Crippen LogP contribution in [0.3, 0.4) is 0 Å². The van der Waals surface area contributed by atoms with Gasteiger partial charge in [0.1, 0.15) is 12.3 Å². The zero-order chi connectivity index (χ0) is 23.5. The first-order valence-corrected chi connectivity index (χ1v) is 11.9. The number of rotatable bonds is 7. The molecule has 3 aromatic rings. The van der Waals surface area contributed by atoms with Crippen molar-refractivity contribution >= 4 is 62.1 Å². The summed E-state index contributed by atoms with van der Waals surface area (Å²) in [5.74, 6) is -0.216. The molecule has 10 heteroatoms. The lowest BCUT2D eigenvalue weighted by atomic mass is 10.2. The molecule has 0 heterocycles. The van der Waals surface area contributed by atoms with E-state index >= 15 is 0 Å². The number of hydrogen-bond acceptors (Lipinski definition) is 4. The topological polar surface area (TPSA) is 75.7 Å². The second-order valence-corrected chi connectivity index (χ2v) is 9.99. The maximum absolute atomic E-state index is 13.4. The van der Waals surface area contributed by atoms with Crippen LogP contribution in [0.4, 0.5) is 11.4 Å². The molecule has 3 aromatic carbocycles. The monoisotopic (exact) mass is 512 g/mol. The molecule has 32 heavy (non-hydrogen) atoms. The van der Waals surface area contributed by atoms with Gasteiger partial charge in [0.05, 0.1) is 22.7 Å². The van der Waals surface area contributed by atoms with E-state index in [-0.39, 0.29) is 15.6 Å². The highest BCUT2D eigenvalue weighted by molar-refractivity contribution is 7.92. The van der Waals surface area contributed by atoms with Gasteiger partial charge in [-0.1, -0.05) is 52.5 Å². The van der Waals surface area contributed by atoms with Crippen LogP contribution in [0.5, 0.6) is 5.75 Å². The summed E-state index contributed by atoms with van der Waals surface area (Å²) in [5.41, 5.74) is 1.45. The molecule has 0 aliphatic heterocycles. The molecule has 0 bridgehead atoms. The van der Waals surface area contributed by atoms with Crippen LogP contribution in [0.15, 0.2) is 65.6 Å². The lowest BCUT2D eigenvalue weighted by Crippen LogP contribution is -2.38. The predicted molar refractivity (Wildman–Crippen MR) is 129 cm³/mol. The van der Waals surface area contributed by atoms with Crippen LogP contribution in [0.2, 0.25) is 15.1 Å². The van der Waals surface area contributed by atoms with Crippen molar-refractivity contribution in [2.75, 3.05) is 23.3 Å². The van der Waals surface area contributed by atoms with Gasteiger partial charge in [-0.2, -0.15) is 0 Å². The number of carbonyl (C=O) groups excluding carboxylic acids is 1. The number of hydrogen-bond donors (Lipinski definition) is 1. The second-order valence-electron chi connectivity index (χ2n) is 6.85. The van der Waals surface area contributed by atoms with Crippen molar-refractivity contribution in [3.05, 3.63) is 81.3 Å². The molecule has 0 radical (unpaired) electrons. The lowest BCUT2D eigenvalue weighted by molar-refractivity contribution is -0.114. The molecule has 0 spiro atoms. The van der Waals surface area contributed by atoms with Crippen LogP contribution in [0, 0.1) is 6.92 Å². The number of methoxy groups -OCH3 is 1. The van der Waals surface area contributed by atoms with Crippen LogP contribution in [0.25, 0.3) is 0 Å². The zero-order valence-corrected chi connectivity index (χ0v) is 20.2. The molecule has 0 unspecified atom stereocenters. The maximum atomic E-state index is 13.4. The van der Waals surface area contributed by atoms with Crippen LogP contribution in [-0.2, 0) is 14.8 Å². The fourth-order valence-electron chi connectivity index (χ4n) is 2.92. The number of nitrogens with one attached hydrogen (secondary N) is 1. The molecule has 0 aliphatic rings. The first kappa shape index (κ1) is 24.2. The Morgan fingerprint density at radius 3 is 2.16 bits per heavy atom. The second kappa shape index (κ2) is 10.0. The van der Waals surface area contributed by atoms with Crippen molar-refractivity contribution in [3.63, 3.8) is 0 Å². The number of aryl methyl sites for hydroxylation is 1. The van der Waals surface area contributed by atoms with Crippen molar-refractivity contribution < 1.29 is 17.9 Å². The van der Waals surface area contributed by atoms with E-state index in [1.807, 2.05) is 6.92 Å². The Kier molecular flexibility index (Phi) is 7.56. The molecular formula is C22H19Cl3N2O4S. The summed E-state index contributed by atoms with van der Waals surface area (Å²) in [6.45, 7) is 1.34. The van der Waals surface area contributed by atoms with Gasteiger partial charge in [-0.3, -0.25) is 9.10 Å². The van der Waals surface area contributed by atoms with Gasteiger partial charge < -0.3 is 10.1 Å². The minimum atomic E-state index is -4.09. The van der Waals surface area contributed by atoms with Crippen LogP contribution >= 0.6 is 34.8 Å². The largest absolute Gasteiger partial charge is 0.495 e. The molecule has 0 atom stereocenters. The fraction of sp³-hybridized carbons (Fsp3) is 0.136. The normalized spacial score (nSPS) is 11.2. The van der Waals surface area contributed by atoms with E-state index in [0.717, 1.165) is 9.87 Å². The van der Waals surface area contributed by atoms with Crippen LogP contribution in [0.1, 0.15) is 5.56 Å². The molecular weight excluding hydrogens is 495 g/mol. The van der Waals surface area contributed by atoms with Crippen molar-refractivity contribution in [3.8, 4) is 5.75 Å². The Morgan fingerprint density at radius 1 is 0.969 bits per heavy atom. The summed E-state index contributed by atoms with van der Waals surface area (Å²) < 4.78 is 33.0. The van der Waals surface area contributed by atoms with Crippen molar-refractivity contribution in [2.24, 2.45) is 0 Å². The minimum absolute atomic E-state index is 0.0358. The molecule has 0 aliphatic carbocycles. The van der Waals surface area contributed by atoms with Gasteiger partial charge in [-0.05, 0) is 55.5 Å². The van der Waals surface area contributed by atoms with Gasteiger partial charge in [0.15, 0.2) is 0 Å². The number of nitrogens with zero attached hydrogens (tertiary/aromatic N) is 1. The number of anilines is 2. The first-order chi connectivity index (χ1) is 15.1. The third-order valence-electron chi connectivity index (χ3n) is 4.47. The van der Waals surface area contributed by atoms with E-state index in [1.54, 1.807) is 12.1 Å². The fourth-order valence-corrected chi connectivity index (χ4v) is 5.11. The zero-order valence-electron chi connectivity index (χ0n) is 17.1. The Bertz CT molecular complexity index is 1230. The molecule has 6 nitrogen and oxygen atoms in total. The van der Waals surface area contributed by atoms with E-state index in [2.05, 4.69) is 5.32 Å². The third-order valence-corrected chi connectivity index (χ3v) is 6.99.